The molecule has 3 heteroatoms. The Hall–Kier alpha value is -1.51. The Morgan fingerprint density at radius 3 is 3.17 bits per heavy atom. The predicted octanol–water partition coefficient (Wildman–Crippen LogP) is 1.68. The maximum Gasteiger partial charge on any atom is 0.154 e. The van der Waals surface area contributed by atoms with Gasteiger partial charge in [0, 0.05) is 18.8 Å². The zero-order valence-corrected chi connectivity index (χ0v) is 6.90. The number of carbonyl (C=O) groups is 1. The molecule has 0 fully saturated rings. The molecule has 1 aromatic rings. The Kier molecular flexibility index (Phi) is 3.14. The minimum absolute atomic E-state index is 0.343. The molecule has 0 aliphatic carbocycles. The summed E-state index contributed by atoms with van der Waals surface area (Å²) < 4.78 is 0. The van der Waals surface area contributed by atoms with Gasteiger partial charge in [0.2, 0.25) is 0 Å². The number of rotatable bonds is 3. The Morgan fingerprint density at radius 2 is 2.50 bits per heavy atom. The first kappa shape index (κ1) is 8.59. The summed E-state index contributed by atoms with van der Waals surface area (Å²) in [5.41, 5.74) is 1.01. The van der Waals surface area contributed by atoms with Crippen LogP contribution in [0.15, 0.2) is 23.3 Å². The largest absolute Gasteiger partial charge is 0.303 e. The van der Waals surface area contributed by atoms with Crippen LogP contribution >= 0.6 is 0 Å². The van der Waals surface area contributed by atoms with Crippen molar-refractivity contribution in [1.29, 1.82) is 0 Å². The second kappa shape index (κ2) is 4.38. The van der Waals surface area contributed by atoms with E-state index in [1.54, 1.807) is 12.4 Å². The fourth-order valence-electron chi connectivity index (χ4n) is 0.795. The van der Waals surface area contributed by atoms with Crippen molar-refractivity contribution in [3.8, 4) is 0 Å². The minimum atomic E-state index is 0.343. The zero-order valence-electron chi connectivity index (χ0n) is 6.90. The van der Waals surface area contributed by atoms with Gasteiger partial charge in [0.25, 0.3) is 0 Å². The number of aldehydes is 1. The Labute approximate surface area is 71.2 Å². The van der Waals surface area contributed by atoms with E-state index in [1.807, 2.05) is 19.1 Å². The second-order valence-corrected chi connectivity index (χ2v) is 2.36. The number of aliphatic imine (C=N–C) groups is 1. The molecule has 0 saturated carbocycles. The summed E-state index contributed by atoms with van der Waals surface area (Å²) in [5, 5.41) is 0. The van der Waals surface area contributed by atoms with Crippen LogP contribution < -0.4 is 0 Å². The molecule has 0 atom stereocenters. The van der Waals surface area contributed by atoms with Crippen molar-refractivity contribution in [2.75, 3.05) is 0 Å². The van der Waals surface area contributed by atoms with Crippen molar-refractivity contribution in [1.82, 2.24) is 4.98 Å². The maximum atomic E-state index is 9.97. The lowest BCUT2D eigenvalue weighted by Gasteiger charge is -1.94. The van der Waals surface area contributed by atoms with E-state index in [9.17, 15) is 4.79 Å². The van der Waals surface area contributed by atoms with Crippen LogP contribution in [0, 0.1) is 6.92 Å². The van der Waals surface area contributed by atoms with E-state index < -0.39 is 0 Å². The Bertz CT molecular complexity index is 294. The van der Waals surface area contributed by atoms with Crippen molar-refractivity contribution >= 4 is 18.3 Å². The summed E-state index contributed by atoms with van der Waals surface area (Å²) >= 11 is 0. The highest BCUT2D eigenvalue weighted by Crippen LogP contribution is 2.11. The molecule has 12 heavy (non-hydrogen) atoms. The molecular formula is C9H10N2O. The fraction of sp³-hybridized carbons (Fsp3) is 0.222. The third-order valence-electron chi connectivity index (χ3n) is 1.40. The third kappa shape index (κ3) is 2.27. The molecular weight excluding hydrogens is 152 g/mol. The fourth-order valence-corrected chi connectivity index (χ4v) is 0.795. The zero-order chi connectivity index (χ0) is 8.81. The van der Waals surface area contributed by atoms with Gasteiger partial charge >= 0.3 is 0 Å². The number of hydrogen-bond acceptors (Lipinski definition) is 3. The van der Waals surface area contributed by atoms with Crippen molar-refractivity contribution in [2.24, 2.45) is 4.99 Å². The lowest BCUT2D eigenvalue weighted by Crippen LogP contribution is -1.80. The first-order valence-corrected chi connectivity index (χ1v) is 3.72. The summed E-state index contributed by atoms with van der Waals surface area (Å²) in [6, 6.07) is 3.79. The Morgan fingerprint density at radius 1 is 1.67 bits per heavy atom. The Balaban J connectivity index is 2.74. The maximum absolute atomic E-state index is 9.97. The van der Waals surface area contributed by atoms with Gasteiger partial charge in [0.05, 0.1) is 0 Å². The number of aryl methyl sites for hydroxylation is 1. The van der Waals surface area contributed by atoms with Crippen LogP contribution in [-0.4, -0.2) is 17.5 Å². The summed E-state index contributed by atoms with van der Waals surface area (Å²) in [6.45, 7) is 1.93. The van der Waals surface area contributed by atoms with Gasteiger partial charge in [-0.3, -0.25) is 0 Å². The van der Waals surface area contributed by atoms with E-state index in [-0.39, 0.29) is 0 Å². The monoisotopic (exact) mass is 162 g/mol. The molecule has 62 valence electrons. The summed E-state index contributed by atoms with van der Waals surface area (Å²) in [6.07, 6.45) is 4.39. The average Bonchev–Trinajstić information content (AvgIpc) is 2.09. The number of carbonyl (C=O) groups excluding carboxylic acids is 1. The quantitative estimate of drug-likeness (QED) is 0.501. The summed E-state index contributed by atoms with van der Waals surface area (Å²) in [4.78, 5) is 18.0. The van der Waals surface area contributed by atoms with Crippen molar-refractivity contribution < 1.29 is 4.79 Å². The van der Waals surface area contributed by atoms with Crippen LogP contribution in [0.1, 0.15) is 12.0 Å². The minimum Gasteiger partial charge on any atom is -0.303 e. The molecule has 1 heterocycles. The van der Waals surface area contributed by atoms with Crippen LogP contribution in [0.25, 0.3) is 0 Å². The van der Waals surface area contributed by atoms with Crippen LogP contribution in [0.5, 0.6) is 0 Å². The van der Waals surface area contributed by atoms with Crippen LogP contribution in [0.2, 0.25) is 0 Å². The van der Waals surface area contributed by atoms with Crippen LogP contribution in [-0.2, 0) is 4.79 Å². The number of hydrogen-bond donors (Lipinski definition) is 0. The highest BCUT2D eigenvalue weighted by molar-refractivity contribution is 5.77. The molecule has 0 unspecified atom stereocenters. The normalized spacial score (nSPS) is 10.4. The van der Waals surface area contributed by atoms with Gasteiger partial charge < -0.3 is 4.79 Å². The molecule has 0 bridgehead atoms. The van der Waals surface area contributed by atoms with E-state index in [1.165, 1.54) is 0 Å². The smallest absolute Gasteiger partial charge is 0.154 e. The van der Waals surface area contributed by atoms with Crippen LogP contribution in [0.4, 0.5) is 5.82 Å². The highest BCUT2D eigenvalue weighted by atomic mass is 16.1. The average molecular weight is 162 g/mol. The molecule has 3 nitrogen and oxygen atoms in total. The number of nitrogens with zero attached hydrogens (tertiary/aromatic N) is 2. The van der Waals surface area contributed by atoms with Gasteiger partial charge in [-0.1, -0.05) is 6.07 Å². The molecule has 0 aliphatic rings. The lowest BCUT2D eigenvalue weighted by molar-refractivity contribution is -0.106. The van der Waals surface area contributed by atoms with E-state index >= 15 is 0 Å². The lowest BCUT2D eigenvalue weighted by atomic mass is 10.3. The van der Waals surface area contributed by atoms with Gasteiger partial charge in [-0.15, -0.1) is 0 Å². The molecule has 0 aliphatic heterocycles. The van der Waals surface area contributed by atoms with Crippen molar-refractivity contribution in [2.45, 2.75) is 13.3 Å². The van der Waals surface area contributed by atoms with Crippen LogP contribution in [0.3, 0.4) is 0 Å². The van der Waals surface area contributed by atoms with E-state index in [0.29, 0.717) is 12.2 Å². The van der Waals surface area contributed by atoms with Gasteiger partial charge in [-0.25, -0.2) is 9.98 Å². The topological polar surface area (TPSA) is 42.3 Å². The van der Waals surface area contributed by atoms with Crippen molar-refractivity contribution in [3.63, 3.8) is 0 Å². The molecule has 1 rings (SSSR count). The first-order valence-electron chi connectivity index (χ1n) is 3.72. The molecule has 1 aromatic heterocycles. The molecule has 0 spiro atoms. The molecule has 0 saturated heterocycles. The van der Waals surface area contributed by atoms with Gasteiger partial charge in [0.1, 0.15) is 6.29 Å². The molecule has 0 aromatic carbocycles. The van der Waals surface area contributed by atoms with E-state index in [2.05, 4.69) is 9.98 Å². The van der Waals surface area contributed by atoms with Gasteiger partial charge in [-0.2, -0.15) is 0 Å². The van der Waals surface area contributed by atoms with E-state index in [4.69, 9.17) is 0 Å². The third-order valence-corrected chi connectivity index (χ3v) is 1.40. The SMILES string of the molecule is Cc1cccnc1N=CCC=O. The molecule has 0 radical (unpaired) electrons. The van der Waals surface area contributed by atoms with E-state index in [0.717, 1.165) is 11.8 Å². The summed E-state index contributed by atoms with van der Waals surface area (Å²) in [5.74, 6) is 0.680. The predicted molar refractivity (Wildman–Crippen MR) is 47.8 cm³/mol. The van der Waals surface area contributed by atoms with Gasteiger partial charge in [-0.05, 0) is 18.6 Å². The standard InChI is InChI=1S/C9H10N2O/c1-8-4-2-5-10-9(8)11-6-3-7-12/h2,4-7H,3H2,1H3. The molecule has 0 N–H and O–H groups in total. The number of pyridine rings is 1. The second-order valence-electron chi connectivity index (χ2n) is 2.36. The highest BCUT2D eigenvalue weighted by Gasteiger charge is 1.92. The van der Waals surface area contributed by atoms with Crippen molar-refractivity contribution in [3.05, 3.63) is 23.9 Å². The summed E-state index contributed by atoms with van der Waals surface area (Å²) in [7, 11) is 0. The number of aromatic nitrogens is 1. The first-order chi connectivity index (χ1) is 5.84. The van der Waals surface area contributed by atoms with Gasteiger partial charge in [0.15, 0.2) is 5.82 Å². The molecule has 0 amide bonds.